The number of hydrogen-bond donors (Lipinski definition) is 1. The summed E-state index contributed by atoms with van der Waals surface area (Å²) in [5, 5.41) is 0. The van der Waals surface area contributed by atoms with Crippen LogP contribution < -0.4 is 5.73 Å². The number of nitrogens with two attached hydrogens (primary N) is 1. The minimum Gasteiger partial charge on any atom is -0.326 e. The molecule has 0 fully saturated rings. The van der Waals surface area contributed by atoms with E-state index in [1.807, 2.05) is 19.1 Å². The maximum absolute atomic E-state index is 13.4. The van der Waals surface area contributed by atoms with Crippen LogP contribution in [0.4, 0.5) is 4.39 Å². The Hall–Kier alpha value is -0.600. The lowest BCUT2D eigenvalue weighted by atomic mass is 10.1. The zero-order valence-electron chi connectivity index (χ0n) is 7.72. The Balaban J connectivity index is 0.00000144. The first-order chi connectivity index (χ1) is 5.79. The van der Waals surface area contributed by atoms with Gasteiger partial charge in [0.15, 0.2) is 0 Å². The van der Waals surface area contributed by atoms with Crippen molar-refractivity contribution in [3.63, 3.8) is 0 Å². The van der Waals surface area contributed by atoms with Crippen molar-refractivity contribution >= 4 is 12.4 Å². The van der Waals surface area contributed by atoms with E-state index in [9.17, 15) is 4.39 Å². The van der Waals surface area contributed by atoms with E-state index in [-0.39, 0.29) is 24.8 Å². The van der Waals surface area contributed by atoms with Crippen LogP contribution >= 0.6 is 12.4 Å². The predicted molar refractivity (Wildman–Crippen MR) is 55.5 cm³/mol. The molecule has 0 saturated heterocycles. The van der Waals surface area contributed by atoms with Crippen LogP contribution in [0.15, 0.2) is 18.2 Å². The summed E-state index contributed by atoms with van der Waals surface area (Å²) >= 11 is 0. The minimum atomic E-state index is -0.123. The Morgan fingerprint density at radius 1 is 1.31 bits per heavy atom. The van der Waals surface area contributed by atoms with Crippen molar-refractivity contribution in [3.8, 4) is 0 Å². The first-order valence-electron chi connectivity index (χ1n) is 4.26. The summed E-state index contributed by atoms with van der Waals surface area (Å²) in [7, 11) is 0. The molecule has 13 heavy (non-hydrogen) atoms. The lowest BCUT2D eigenvalue weighted by Crippen LogP contribution is -2.02. The Morgan fingerprint density at radius 2 is 1.92 bits per heavy atom. The van der Waals surface area contributed by atoms with Crippen LogP contribution in [-0.2, 0) is 13.0 Å². The molecule has 0 heterocycles. The summed E-state index contributed by atoms with van der Waals surface area (Å²) in [6, 6.07) is 5.41. The second-order valence-corrected chi connectivity index (χ2v) is 2.84. The van der Waals surface area contributed by atoms with E-state index < -0.39 is 0 Å². The van der Waals surface area contributed by atoms with Gasteiger partial charge in [-0.15, -0.1) is 12.4 Å². The lowest BCUT2D eigenvalue weighted by Gasteiger charge is -2.04. The van der Waals surface area contributed by atoms with E-state index >= 15 is 0 Å². The molecular weight excluding hydrogens is 189 g/mol. The van der Waals surface area contributed by atoms with Crippen LogP contribution in [0, 0.1) is 5.82 Å². The van der Waals surface area contributed by atoms with Crippen molar-refractivity contribution < 1.29 is 4.39 Å². The van der Waals surface area contributed by atoms with Crippen LogP contribution in [0.5, 0.6) is 0 Å². The fraction of sp³-hybridized carbons (Fsp3) is 0.400. The van der Waals surface area contributed by atoms with Crippen molar-refractivity contribution in [1.29, 1.82) is 0 Å². The second kappa shape index (κ2) is 5.95. The molecule has 74 valence electrons. The van der Waals surface area contributed by atoms with E-state index in [1.54, 1.807) is 6.07 Å². The molecule has 1 aromatic carbocycles. The van der Waals surface area contributed by atoms with E-state index in [1.165, 1.54) is 0 Å². The van der Waals surface area contributed by atoms with Crippen LogP contribution in [0.25, 0.3) is 0 Å². The van der Waals surface area contributed by atoms with Gasteiger partial charge in [0.05, 0.1) is 0 Å². The third kappa shape index (κ3) is 2.98. The third-order valence-electron chi connectivity index (χ3n) is 1.90. The van der Waals surface area contributed by atoms with Gasteiger partial charge in [-0.2, -0.15) is 0 Å². The standard InChI is InChI=1S/C10H14FN.ClH/c1-2-4-8-5-3-6-9(7-12)10(8)11;/h3,5-6H,2,4,7,12H2,1H3;1H. The van der Waals surface area contributed by atoms with Crippen LogP contribution in [0.1, 0.15) is 24.5 Å². The largest absolute Gasteiger partial charge is 0.326 e. The van der Waals surface area contributed by atoms with Gasteiger partial charge in [-0.25, -0.2) is 4.39 Å². The van der Waals surface area contributed by atoms with Gasteiger partial charge in [0.2, 0.25) is 0 Å². The Bertz CT molecular complexity index is 263. The fourth-order valence-electron chi connectivity index (χ4n) is 1.25. The molecule has 0 saturated carbocycles. The van der Waals surface area contributed by atoms with Crippen molar-refractivity contribution in [2.24, 2.45) is 5.73 Å². The highest BCUT2D eigenvalue weighted by Gasteiger charge is 2.04. The summed E-state index contributed by atoms with van der Waals surface area (Å²) in [5.41, 5.74) is 6.77. The summed E-state index contributed by atoms with van der Waals surface area (Å²) in [6.07, 6.45) is 1.75. The highest BCUT2D eigenvalue weighted by molar-refractivity contribution is 5.85. The number of benzene rings is 1. The molecular formula is C10H15ClFN. The van der Waals surface area contributed by atoms with Crippen LogP contribution in [-0.4, -0.2) is 0 Å². The topological polar surface area (TPSA) is 26.0 Å². The van der Waals surface area contributed by atoms with Gasteiger partial charge in [0, 0.05) is 12.1 Å². The van der Waals surface area contributed by atoms with Crippen molar-refractivity contribution in [2.45, 2.75) is 26.3 Å². The second-order valence-electron chi connectivity index (χ2n) is 2.84. The van der Waals surface area contributed by atoms with Crippen molar-refractivity contribution in [2.75, 3.05) is 0 Å². The van der Waals surface area contributed by atoms with Gasteiger partial charge >= 0.3 is 0 Å². The smallest absolute Gasteiger partial charge is 0.130 e. The Morgan fingerprint density at radius 3 is 2.46 bits per heavy atom. The zero-order chi connectivity index (χ0) is 8.97. The zero-order valence-corrected chi connectivity index (χ0v) is 8.53. The third-order valence-corrected chi connectivity index (χ3v) is 1.90. The first-order valence-corrected chi connectivity index (χ1v) is 4.26. The van der Waals surface area contributed by atoms with E-state index in [0.717, 1.165) is 18.4 Å². The maximum Gasteiger partial charge on any atom is 0.130 e. The molecule has 0 aromatic heterocycles. The minimum absolute atomic E-state index is 0. The molecule has 2 N–H and O–H groups in total. The predicted octanol–water partition coefficient (Wildman–Crippen LogP) is 2.66. The average Bonchev–Trinajstić information content (AvgIpc) is 2.09. The summed E-state index contributed by atoms with van der Waals surface area (Å²) < 4.78 is 13.4. The molecule has 0 unspecified atom stereocenters. The Kier molecular flexibility index (Phi) is 5.67. The van der Waals surface area contributed by atoms with Gasteiger partial charge in [0.25, 0.3) is 0 Å². The quantitative estimate of drug-likeness (QED) is 0.803. The molecule has 0 aliphatic heterocycles. The number of aryl methyl sites for hydroxylation is 1. The number of hydrogen-bond acceptors (Lipinski definition) is 1. The van der Waals surface area contributed by atoms with Gasteiger partial charge in [-0.3, -0.25) is 0 Å². The van der Waals surface area contributed by atoms with Crippen LogP contribution in [0.2, 0.25) is 0 Å². The molecule has 0 atom stereocenters. The van der Waals surface area contributed by atoms with Gasteiger partial charge < -0.3 is 5.73 Å². The monoisotopic (exact) mass is 203 g/mol. The molecule has 3 heteroatoms. The summed E-state index contributed by atoms with van der Waals surface area (Å²) in [5.74, 6) is -0.123. The number of halogens is 2. The SMILES string of the molecule is CCCc1cccc(CN)c1F.Cl. The molecule has 0 aliphatic carbocycles. The van der Waals surface area contributed by atoms with Gasteiger partial charge in [-0.05, 0) is 12.0 Å². The van der Waals surface area contributed by atoms with E-state index in [2.05, 4.69) is 0 Å². The average molecular weight is 204 g/mol. The highest BCUT2D eigenvalue weighted by Crippen LogP contribution is 2.13. The van der Waals surface area contributed by atoms with Crippen molar-refractivity contribution in [1.82, 2.24) is 0 Å². The van der Waals surface area contributed by atoms with E-state index in [0.29, 0.717) is 5.56 Å². The van der Waals surface area contributed by atoms with E-state index in [4.69, 9.17) is 5.73 Å². The number of rotatable bonds is 3. The molecule has 0 aliphatic rings. The molecule has 0 amide bonds. The Labute approximate surface area is 84.5 Å². The van der Waals surface area contributed by atoms with Crippen molar-refractivity contribution in [3.05, 3.63) is 35.1 Å². The first kappa shape index (κ1) is 12.4. The maximum atomic E-state index is 13.4. The normalized spacial score (nSPS) is 9.46. The molecule has 0 bridgehead atoms. The molecule has 0 spiro atoms. The molecule has 0 radical (unpaired) electrons. The highest BCUT2D eigenvalue weighted by atomic mass is 35.5. The summed E-state index contributed by atoms with van der Waals surface area (Å²) in [4.78, 5) is 0. The molecule has 1 rings (SSSR count). The van der Waals surface area contributed by atoms with Gasteiger partial charge in [0.1, 0.15) is 5.82 Å². The van der Waals surface area contributed by atoms with Gasteiger partial charge in [-0.1, -0.05) is 31.5 Å². The summed E-state index contributed by atoms with van der Waals surface area (Å²) in [6.45, 7) is 2.32. The molecule has 1 aromatic rings. The fourth-order valence-corrected chi connectivity index (χ4v) is 1.25. The van der Waals surface area contributed by atoms with Crippen LogP contribution in [0.3, 0.4) is 0 Å². The molecule has 1 nitrogen and oxygen atoms in total. The lowest BCUT2D eigenvalue weighted by molar-refractivity contribution is 0.591.